The molecule has 1 aliphatic carbocycles. The van der Waals surface area contributed by atoms with E-state index in [9.17, 15) is 4.79 Å². The molecule has 1 aliphatic rings. The minimum atomic E-state index is -0.729. The van der Waals surface area contributed by atoms with Crippen LogP contribution in [0.5, 0.6) is 11.5 Å². The minimum Gasteiger partial charge on any atom is -0.497 e. The topological polar surface area (TPSA) is 96.8 Å². The summed E-state index contributed by atoms with van der Waals surface area (Å²) in [5.41, 5.74) is 17.4. The lowest BCUT2D eigenvalue weighted by atomic mass is 9.96. The lowest BCUT2D eigenvalue weighted by Crippen LogP contribution is -2.39. The highest BCUT2D eigenvalue weighted by atomic mass is 16.5. The average molecular weight is 453 g/mol. The van der Waals surface area contributed by atoms with E-state index in [1.165, 1.54) is 27.8 Å². The molecule has 0 aromatic heterocycles. The van der Waals surface area contributed by atoms with E-state index in [4.69, 9.17) is 25.7 Å². The molecular formula is C27H36N2O4. The van der Waals surface area contributed by atoms with Crippen molar-refractivity contribution in [2.24, 2.45) is 11.5 Å². The minimum absolute atomic E-state index is 0.103. The first-order valence-corrected chi connectivity index (χ1v) is 11.8. The number of carbonyl (C=O) groups excluding carboxylic acids is 1. The first-order valence-electron chi connectivity index (χ1n) is 11.8. The summed E-state index contributed by atoms with van der Waals surface area (Å²) in [6.07, 6.45) is 8.13. The molecule has 2 aromatic carbocycles. The van der Waals surface area contributed by atoms with E-state index in [1.54, 1.807) is 7.11 Å². The molecule has 178 valence electrons. The fourth-order valence-electron chi connectivity index (χ4n) is 4.04. The third-order valence-corrected chi connectivity index (χ3v) is 5.97. The van der Waals surface area contributed by atoms with Gasteiger partial charge in [0, 0.05) is 6.54 Å². The molecule has 0 aliphatic heterocycles. The van der Waals surface area contributed by atoms with Gasteiger partial charge in [-0.25, -0.2) is 0 Å². The van der Waals surface area contributed by atoms with Crippen LogP contribution in [0.1, 0.15) is 54.4 Å². The van der Waals surface area contributed by atoms with Gasteiger partial charge < -0.3 is 25.7 Å². The van der Waals surface area contributed by atoms with Crippen molar-refractivity contribution in [1.29, 1.82) is 0 Å². The number of ether oxygens (including phenoxy) is 3. The molecule has 0 amide bonds. The zero-order chi connectivity index (χ0) is 23.6. The second-order valence-electron chi connectivity index (χ2n) is 8.48. The van der Waals surface area contributed by atoms with Crippen molar-refractivity contribution in [2.75, 3.05) is 26.9 Å². The number of aryl methyl sites for hydroxylation is 2. The number of rotatable bonds is 11. The van der Waals surface area contributed by atoms with Crippen LogP contribution in [0.3, 0.4) is 0 Å². The quantitative estimate of drug-likeness (QED) is 0.391. The number of nitrogens with two attached hydrogens (primary N) is 2. The zero-order valence-corrected chi connectivity index (χ0v) is 19.8. The van der Waals surface area contributed by atoms with Gasteiger partial charge in [-0.05, 0) is 97.5 Å². The van der Waals surface area contributed by atoms with Crippen molar-refractivity contribution in [3.05, 3.63) is 58.7 Å². The van der Waals surface area contributed by atoms with E-state index >= 15 is 0 Å². The molecular weight excluding hydrogens is 416 g/mol. The Bertz CT molecular complexity index is 971. The van der Waals surface area contributed by atoms with E-state index < -0.39 is 12.0 Å². The van der Waals surface area contributed by atoms with Gasteiger partial charge in [-0.1, -0.05) is 18.2 Å². The van der Waals surface area contributed by atoms with Crippen LogP contribution in [0.15, 0.2) is 36.4 Å². The van der Waals surface area contributed by atoms with Crippen LogP contribution >= 0.6 is 0 Å². The van der Waals surface area contributed by atoms with Crippen LogP contribution in [0.25, 0.3) is 11.6 Å². The number of hydrogen-bond acceptors (Lipinski definition) is 6. The largest absolute Gasteiger partial charge is 0.497 e. The van der Waals surface area contributed by atoms with Gasteiger partial charge in [0.15, 0.2) is 0 Å². The zero-order valence-electron chi connectivity index (χ0n) is 19.8. The Morgan fingerprint density at radius 3 is 2.58 bits per heavy atom. The maximum atomic E-state index is 11.5. The SMILES string of the molecule is COc1ccc(C2=Cc3ccc(OCCCCCOC(=O)C(N)CN)cc3CCC2)c(C)c1. The molecule has 0 spiro atoms. The summed E-state index contributed by atoms with van der Waals surface area (Å²) >= 11 is 0. The number of fused-ring (bicyclic) bond motifs is 1. The number of allylic oxidation sites excluding steroid dienone is 1. The summed E-state index contributed by atoms with van der Waals surface area (Å²) in [5.74, 6) is 1.37. The predicted octanol–water partition coefficient (Wildman–Crippen LogP) is 4.26. The Labute approximate surface area is 196 Å². The molecule has 6 heteroatoms. The van der Waals surface area contributed by atoms with Crippen LogP contribution in [-0.2, 0) is 16.0 Å². The number of methoxy groups -OCH3 is 1. The van der Waals surface area contributed by atoms with Crippen molar-refractivity contribution >= 4 is 17.6 Å². The highest BCUT2D eigenvalue weighted by Gasteiger charge is 2.14. The van der Waals surface area contributed by atoms with Crippen molar-refractivity contribution in [1.82, 2.24) is 0 Å². The van der Waals surface area contributed by atoms with Crippen LogP contribution in [0.4, 0.5) is 0 Å². The molecule has 3 rings (SSSR count). The molecule has 2 aromatic rings. The lowest BCUT2D eigenvalue weighted by Gasteiger charge is -2.11. The Kier molecular flexibility index (Phi) is 9.34. The molecule has 4 N–H and O–H groups in total. The molecule has 6 nitrogen and oxygen atoms in total. The first kappa shape index (κ1) is 24.8. The van der Waals surface area contributed by atoms with Crippen LogP contribution in [-0.4, -0.2) is 38.9 Å². The normalized spacial score (nSPS) is 14.0. The summed E-state index contributed by atoms with van der Waals surface area (Å²) < 4.78 is 16.4. The highest BCUT2D eigenvalue weighted by Crippen LogP contribution is 2.33. The van der Waals surface area contributed by atoms with E-state index in [0.29, 0.717) is 13.2 Å². The van der Waals surface area contributed by atoms with E-state index in [0.717, 1.165) is 50.0 Å². The van der Waals surface area contributed by atoms with Crippen molar-refractivity contribution in [3.63, 3.8) is 0 Å². The molecule has 0 saturated heterocycles. The van der Waals surface area contributed by atoms with Crippen LogP contribution in [0.2, 0.25) is 0 Å². The van der Waals surface area contributed by atoms with Gasteiger partial charge >= 0.3 is 5.97 Å². The predicted molar refractivity (Wildman–Crippen MR) is 132 cm³/mol. The van der Waals surface area contributed by atoms with E-state index in [1.807, 2.05) is 6.07 Å². The Balaban J connectivity index is 1.50. The second-order valence-corrected chi connectivity index (χ2v) is 8.48. The number of hydrogen-bond donors (Lipinski definition) is 2. The average Bonchev–Trinajstić information content (AvgIpc) is 3.04. The number of carbonyl (C=O) groups is 1. The van der Waals surface area contributed by atoms with Crippen molar-refractivity contribution in [2.45, 2.75) is 51.5 Å². The molecule has 0 heterocycles. The number of esters is 1. The Morgan fingerprint density at radius 1 is 1.03 bits per heavy atom. The fourth-order valence-corrected chi connectivity index (χ4v) is 4.04. The molecule has 0 saturated carbocycles. The van der Waals surface area contributed by atoms with Crippen molar-refractivity contribution in [3.8, 4) is 11.5 Å². The maximum absolute atomic E-state index is 11.5. The van der Waals surface area contributed by atoms with Crippen molar-refractivity contribution < 1.29 is 19.0 Å². The van der Waals surface area contributed by atoms with Gasteiger partial charge in [0.2, 0.25) is 0 Å². The molecule has 0 radical (unpaired) electrons. The molecule has 0 fully saturated rings. The van der Waals surface area contributed by atoms with E-state index in [-0.39, 0.29) is 6.54 Å². The molecule has 33 heavy (non-hydrogen) atoms. The molecule has 1 atom stereocenters. The summed E-state index contributed by atoms with van der Waals surface area (Å²) in [5, 5.41) is 0. The lowest BCUT2D eigenvalue weighted by molar-refractivity contribution is -0.145. The Morgan fingerprint density at radius 2 is 1.82 bits per heavy atom. The molecule has 0 bridgehead atoms. The third kappa shape index (κ3) is 7.07. The van der Waals surface area contributed by atoms with Gasteiger partial charge in [0.05, 0.1) is 20.3 Å². The van der Waals surface area contributed by atoms with Crippen LogP contribution < -0.4 is 20.9 Å². The molecule has 1 unspecified atom stereocenters. The van der Waals surface area contributed by atoms with Gasteiger partial charge in [-0.2, -0.15) is 0 Å². The standard InChI is InChI=1S/C27H36N2O4/c1-19-15-23(31-2)11-12-25(19)22-8-6-7-20-17-24(10-9-21(20)16-22)32-13-4-3-5-14-33-27(30)26(29)18-28/h9-12,15-17,26H,3-8,13-14,18,28-29H2,1-2H3. The fraction of sp³-hybridized carbons (Fsp3) is 0.444. The van der Waals surface area contributed by atoms with Gasteiger partial charge in [0.1, 0.15) is 17.5 Å². The monoisotopic (exact) mass is 452 g/mol. The highest BCUT2D eigenvalue weighted by molar-refractivity contribution is 5.84. The third-order valence-electron chi connectivity index (χ3n) is 5.97. The first-order chi connectivity index (χ1) is 16.0. The number of unbranched alkanes of at least 4 members (excludes halogenated alkanes) is 2. The van der Waals surface area contributed by atoms with Crippen LogP contribution in [0, 0.1) is 6.92 Å². The summed E-state index contributed by atoms with van der Waals surface area (Å²) in [7, 11) is 1.70. The summed E-state index contributed by atoms with van der Waals surface area (Å²) in [4.78, 5) is 11.5. The summed E-state index contributed by atoms with van der Waals surface area (Å²) in [6, 6.07) is 11.9. The second kappa shape index (κ2) is 12.4. The smallest absolute Gasteiger partial charge is 0.324 e. The van der Waals surface area contributed by atoms with E-state index in [2.05, 4.69) is 43.3 Å². The Hall–Kier alpha value is -2.83. The van der Waals surface area contributed by atoms with Gasteiger partial charge in [-0.15, -0.1) is 0 Å². The summed E-state index contributed by atoms with van der Waals surface area (Å²) in [6.45, 7) is 3.25. The van der Waals surface area contributed by atoms with Gasteiger partial charge in [-0.3, -0.25) is 4.79 Å². The van der Waals surface area contributed by atoms with Gasteiger partial charge in [0.25, 0.3) is 0 Å². The number of benzene rings is 2. The maximum Gasteiger partial charge on any atom is 0.324 e.